The molecule has 1 heterocycles. The van der Waals surface area contributed by atoms with Crippen LogP contribution in [0.25, 0.3) is 22.0 Å². The number of carbonyl (C=O) groups excluding carboxylic acids is 2. The molecule has 4 aromatic rings. The number of hydrogen-bond donors (Lipinski definition) is 2. The van der Waals surface area contributed by atoms with E-state index in [1.807, 2.05) is 54.0 Å². The lowest BCUT2D eigenvalue weighted by molar-refractivity contribution is -0.114. The summed E-state index contributed by atoms with van der Waals surface area (Å²) in [5, 5.41) is 9.42. The van der Waals surface area contributed by atoms with Gasteiger partial charge in [-0.1, -0.05) is 67.6 Å². The van der Waals surface area contributed by atoms with Gasteiger partial charge in [-0.2, -0.15) is 0 Å². The highest BCUT2D eigenvalue weighted by Gasteiger charge is 2.27. The van der Waals surface area contributed by atoms with Gasteiger partial charge >= 0.3 is 0 Å². The van der Waals surface area contributed by atoms with Crippen LogP contribution >= 0.6 is 0 Å². The van der Waals surface area contributed by atoms with Gasteiger partial charge in [-0.15, -0.1) is 0 Å². The van der Waals surface area contributed by atoms with Gasteiger partial charge < -0.3 is 24.9 Å². The zero-order valence-electron chi connectivity index (χ0n) is 18.9. The molecule has 174 valence electrons. The number of benzene rings is 3. The lowest BCUT2D eigenvalue weighted by Crippen LogP contribution is -2.24. The Bertz CT molecular complexity index is 1330. The predicted octanol–water partition coefficient (Wildman–Crippen LogP) is 3.89. The van der Waals surface area contributed by atoms with Crippen LogP contribution in [0.5, 0.6) is 5.75 Å². The van der Waals surface area contributed by atoms with Gasteiger partial charge in [0, 0.05) is 12.2 Å². The van der Waals surface area contributed by atoms with Crippen LogP contribution in [0.2, 0.25) is 0 Å². The molecule has 0 atom stereocenters. The summed E-state index contributed by atoms with van der Waals surface area (Å²) >= 11 is 0. The van der Waals surface area contributed by atoms with Gasteiger partial charge in [-0.25, -0.2) is 0 Å². The molecule has 0 saturated heterocycles. The van der Waals surface area contributed by atoms with E-state index in [0.29, 0.717) is 29.8 Å². The van der Waals surface area contributed by atoms with Crippen molar-refractivity contribution in [2.45, 2.75) is 19.9 Å². The molecule has 0 fully saturated rings. The number of hydrogen-bond acceptors (Lipinski definition) is 5. The number of carbonyl (C=O) groups is 2. The summed E-state index contributed by atoms with van der Waals surface area (Å²) in [4.78, 5) is 24.9. The van der Waals surface area contributed by atoms with Gasteiger partial charge in [0.05, 0.1) is 16.5 Å². The number of amides is 1. The normalized spacial score (nSPS) is 11.0. The van der Waals surface area contributed by atoms with Crippen molar-refractivity contribution in [2.75, 3.05) is 13.6 Å². The zero-order valence-corrected chi connectivity index (χ0v) is 18.9. The third-order valence-electron chi connectivity index (χ3n) is 5.76. The number of fused-ring (bicyclic) bond motifs is 1. The topological polar surface area (TPSA) is 104 Å². The number of ether oxygens (including phenoxy) is 2. The van der Waals surface area contributed by atoms with E-state index in [9.17, 15) is 9.59 Å². The van der Waals surface area contributed by atoms with E-state index in [2.05, 4.69) is 24.3 Å². The Morgan fingerprint density at radius 3 is 2.41 bits per heavy atom. The summed E-state index contributed by atoms with van der Waals surface area (Å²) in [5.74, 6) is -1.42. The van der Waals surface area contributed by atoms with Crippen molar-refractivity contribution in [3.8, 4) is 16.9 Å². The number of primary amides is 1. The second-order valence-electron chi connectivity index (χ2n) is 7.72. The molecule has 0 spiro atoms. The number of ketones is 1. The van der Waals surface area contributed by atoms with Gasteiger partial charge in [0.25, 0.3) is 11.7 Å². The van der Waals surface area contributed by atoms with Crippen LogP contribution < -0.4 is 10.5 Å². The highest BCUT2D eigenvalue weighted by molar-refractivity contribution is 6.45. The Labute approximate surface area is 197 Å². The number of aliphatic hydroxyl groups is 1. The molecule has 34 heavy (non-hydrogen) atoms. The molecule has 1 aromatic heterocycles. The summed E-state index contributed by atoms with van der Waals surface area (Å²) in [6.45, 7) is 1.71. The van der Waals surface area contributed by atoms with Crippen molar-refractivity contribution in [3.05, 3.63) is 89.6 Å². The van der Waals surface area contributed by atoms with Crippen LogP contribution in [-0.2, 0) is 22.5 Å². The third-order valence-corrected chi connectivity index (χ3v) is 5.76. The molecule has 0 radical (unpaired) electrons. The van der Waals surface area contributed by atoms with Crippen LogP contribution in [0.3, 0.4) is 0 Å². The fourth-order valence-corrected chi connectivity index (χ4v) is 4.33. The standard InChI is InChI=1S/C27H26N2O5/c1-2-21-25(26(31)27(28)32)24-22(13-8-14-23(24)34-17-33-16-30)29(21)15-19-11-6-7-12-20(19)18-9-4-3-5-10-18/h3-14,30H,2,15-17H2,1H3,(H2,28,32). The van der Waals surface area contributed by atoms with Crippen LogP contribution in [0.4, 0.5) is 0 Å². The Kier molecular flexibility index (Phi) is 7.06. The van der Waals surface area contributed by atoms with Crippen LogP contribution in [0, 0.1) is 0 Å². The Hall–Kier alpha value is -3.94. The molecule has 4 rings (SSSR count). The van der Waals surface area contributed by atoms with Gasteiger partial charge in [-0.05, 0) is 35.2 Å². The van der Waals surface area contributed by atoms with Crippen LogP contribution in [0.1, 0.15) is 28.5 Å². The first kappa shape index (κ1) is 23.2. The van der Waals surface area contributed by atoms with Gasteiger partial charge in [-0.3, -0.25) is 9.59 Å². The molecule has 1 amide bonds. The van der Waals surface area contributed by atoms with E-state index in [1.54, 1.807) is 6.07 Å². The fourth-order valence-electron chi connectivity index (χ4n) is 4.33. The van der Waals surface area contributed by atoms with E-state index in [0.717, 1.165) is 22.2 Å². The number of aliphatic hydroxyl groups excluding tert-OH is 1. The van der Waals surface area contributed by atoms with E-state index in [1.165, 1.54) is 0 Å². The monoisotopic (exact) mass is 458 g/mol. The highest BCUT2D eigenvalue weighted by Crippen LogP contribution is 2.36. The predicted molar refractivity (Wildman–Crippen MR) is 129 cm³/mol. The molecule has 0 unspecified atom stereocenters. The maximum Gasteiger partial charge on any atom is 0.289 e. The van der Waals surface area contributed by atoms with Gasteiger partial charge in [0.1, 0.15) is 12.5 Å². The molecule has 7 nitrogen and oxygen atoms in total. The van der Waals surface area contributed by atoms with Crippen molar-refractivity contribution in [2.24, 2.45) is 5.73 Å². The lowest BCUT2D eigenvalue weighted by atomic mass is 9.99. The molecule has 0 saturated carbocycles. The molecular weight excluding hydrogens is 432 g/mol. The van der Waals surface area contributed by atoms with Crippen LogP contribution in [0.15, 0.2) is 72.8 Å². The van der Waals surface area contributed by atoms with Crippen molar-refractivity contribution >= 4 is 22.6 Å². The fraction of sp³-hybridized carbons (Fsp3) is 0.185. The van der Waals surface area contributed by atoms with Gasteiger partial charge in [0.15, 0.2) is 6.79 Å². The minimum atomic E-state index is -1.03. The maximum absolute atomic E-state index is 13.0. The SMILES string of the molecule is CCc1c(C(=O)C(N)=O)c2c(OCOCO)cccc2n1Cc1ccccc1-c1ccccc1. The zero-order chi connectivity index (χ0) is 24.1. The van der Waals surface area contributed by atoms with Crippen molar-refractivity contribution in [3.63, 3.8) is 0 Å². The average molecular weight is 459 g/mol. The first-order valence-electron chi connectivity index (χ1n) is 11.0. The minimum Gasteiger partial charge on any atom is -0.467 e. The maximum atomic E-state index is 13.0. The second-order valence-corrected chi connectivity index (χ2v) is 7.72. The van der Waals surface area contributed by atoms with Crippen molar-refractivity contribution in [1.29, 1.82) is 0 Å². The molecule has 7 heteroatoms. The quantitative estimate of drug-likeness (QED) is 0.162. The van der Waals surface area contributed by atoms with E-state index < -0.39 is 18.5 Å². The second kappa shape index (κ2) is 10.3. The third kappa shape index (κ3) is 4.44. The minimum absolute atomic E-state index is 0.205. The average Bonchev–Trinajstić information content (AvgIpc) is 3.18. The molecular formula is C27H26N2O5. The largest absolute Gasteiger partial charge is 0.467 e. The van der Waals surface area contributed by atoms with Crippen LogP contribution in [-0.4, -0.2) is 34.9 Å². The van der Waals surface area contributed by atoms with E-state index in [-0.39, 0.29) is 12.4 Å². The number of Topliss-reactive ketones (excluding diaryl/α,β-unsaturated/α-hetero) is 1. The summed E-state index contributed by atoms with van der Waals surface area (Å²) < 4.78 is 12.6. The van der Waals surface area contributed by atoms with E-state index in [4.69, 9.17) is 20.3 Å². The molecule has 0 aliphatic carbocycles. The van der Waals surface area contributed by atoms with Gasteiger partial charge in [0.2, 0.25) is 0 Å². The Morgan fingerprint density at radius 1 is 0.971 bits per heavy atom. The number of aromatic nitrogens is 1. The van der Waals surface area contributed by atoms with Crippen molar-refractivity contribution < 1.29 is 24.2 Å². The number of rotatable bonds is 10. The van der Waals surface area contributed by atoms with E-state index >= 15 is 0 Å². The molecule has 0 bridgehead atoms. The van der Waals surface area contributed by atoms with Crippen molar-refractivity contribution in [1.82, 2.24) is 4.57 Å². The molecule has 0 aliphatic heterocycles. The lowest BCUT2D eigenvalue weighted by Gasteiger charge is -2.15. The summed E-state index contributed by atoms with van der Waals surface area (Å²) in [7, 11) is 0. The Morgan fingerprint density at radius 2 is 1.71 bits per heavy atom. The summed E-state index contributed by atoms with van der Waals surface area (Å²) in [6, 6.07) is 23.6. The molecule has 3 aromatic carbocycles. The first-order valence-corrected chi connectivity index (χ1v) is 11.0. The summed E-state index contributed by atoms with van der Waals surface area (Å²) in [6.07, 6.45) is 0.503. The number of nitrogens with zero attached hydrogens (tertiary/aromatic N) is 1. The smallest absolute Gasteiger partial charge is 0.289 e. The molecule has 3 N–H and O–H groups in total. The first-order chi connectivity index (χ1) is 16.6. The number of nitrogens with two attached hydrogens (primary N) is 1. The summed E-state index contributed by atoms with van der Waals surface area (Å²) in [5.41, 5.74) is 10.3. The Balaban J connectivity index is 1.92. The highest BCUT2D eigenvalue weighted by atomic mass is 16.7. The molecule has 0 aliphatic rings.